The van der Waals surface area contributed by atoms with Crippen molar-refractivity contribution in [1.29, 1.82) is 0 Å². The summed E-state index contributed by atoms with van der Waals surface area (Å²) in [6.45, 7) is -0.00785. The summed E-state index contributed by atoms with van der Waals surface area (Å²) in [7, 11) is -3.78. The Balaban J connectivity index is 2.09. The van der Waals surface area contributed by atoms with Crippen LogP contribution >= 0.6 is 0 Å². The van der Waals surface area contributed by atoms with Gasteiger partial charge in [-0.2, -0.15) is 12.7 Å². The monoisotopic (exact) mass is 212 g/mol. The van der Waals surface area contributed by atoms with E-state index in [0.29, 0.717) is 0 Å². The quantitative estimate of drug-likeness (QED) is 0.653. The smallest absolute Gasteiger partial charge is 0.216 e. The van der Waals surface area contributed by atoms with Gasteiger partial charge in [0.25, 0.3) is 16.1 Å². The molecule has 2 rings (SSSR count). The summed E-state index contributed by atoms with van der Waals surface area (Å²) in [5, 5.41) is 4.83. The molecule has 2 atom stereocenters. The minimum atomic E-state index is -3.78. The molecular weight excluding hydrogens is 202 g/mol. The van der Waals surface area contributed by atoms with E-state index in [-0.39, 0.29) is 19.5 Å². The van der Waals surface area contributed by atoms with Crippen LogP contribution in [0.2, 0.25) is 0 Å². The second-order valence-corrected chi connectivity index (χ2v) is 5.13. The Morgan fingerprint density at radius 3 is 2.46 bits per heavy atom. The minimum absolute atomic E-state index is 0.121. The molecule has 13 heavy (non-hydrogen) atoms. The average molecular weight is 212 g/mol. The van der Waals surface area contributed by atoms with Crippen LogP contribution in [0.15, 0.2) is 0 Å². The van der Waals surface area contributed by atoms with Crippen molar-refractivity contribution in [2.45, 2.75) is 12.3 Å². The molecule has 2 aliphatic rings. The van der Waals surface area contributed by atoms with E-state index in [2.05, 4.69) is 0 Å². The highest BCUT2D eigenvalue weighted by molar-refractivity contribution is 7.86. The number of alkyl halides is 2. The second kappa shape index (κ2) is 2.40. The average Bonchev–Trinajstić information content (AvgIpc) is 2.53. The Kier molecular flexibility index (Phi) is 1.71. The molecule has 0 aromatic heterocycles. The van der Waals surface area contributed by atoms with Crippen LogP contribution in [0.1, 0.15) is 6.42 Å². The summed E-state index contributed by atoms with van der Waals surface area (Å²) in [5.74, 6) is -4.09. The topological polar surface area (TPSA) is 63.4 Å². The van der Waals surface area contributed by atoms with Crippen LogP contribution in [0.5, 0.6) is 0 Å². The second-order valence-electron chi connectivity index (χ2n) is 3.58. The van der Waals surface area contributed by atoms with Gasteiger partial charge in [0.05, 0.1) is 0 Å². The van der Waals surface area contributed by atoms with E-state index >= 15 is 0 Å². The maximum Gasteiger partial charge on any atom is 0.276 e. The Labute approximate surface area is 74.9 Å². The first-order valence-electron chi connectivity index (χ1n) is 3.99. The fraction of sp³-hybridized carbons (Fsp3) is 1.00. The highest BCUT2D eigenvalue weighted by Crippen LogP contribution is 2.59. The predicted octanol–water partition coefficient (Wildman–Crippen LogP) is -0.223. The van der Waals surface area contributed by atoms with Crippen LogP contribution in [0.25, 0.3) is 0 Å². The van der Waals surface area contributed by atoms with E-state index in [1.807, 2.05) is 0 Å². The molecule has 76 valence electrons. The number of nitrogens with two attached hydrogens (primary N) is 1. The third kappa shape index (κ3) is 1.35. The van der Waals surface area contributed by atoms with E-state index in [1.165, 1.54) is 0 Å². The molecule has 1 heterocycles. The molecule has 4 nitrogen and oxygen atoms in total. The number of fused-ring (bicyclic) bond motifs is 1. The molecule has 2 fully saturated rings. The number of halogens is 2. The molecule has 2 unspecified atom stereocenters. The zero-order valence-corrected chi connectivity index (χ0v) is 7.60. The molecule has 0 spiro atoms. The SMILES string of the molecule is NS(=O)(=O)N1CCC2C(C1)C2(F)F. The van der Waals surface area contributed by atoms with Gasteiger partial charge in [-0.05, 0) is 6.42 Å². The van der Waals surface area contributed by atoms with Crippen molar-refractivity contribution >= 4 is 10.2 Å². The molecule has 2 N–H and O–H groups in total. The van der Waals surface area contributed by atoms with E-state index in [0.717, 1.165) is 4.31 Å². The van der Waals surface area contributed by atoms with Crippen LogP contribution in [-0.2, 0) is 10.2 Å². The molecular formula is C6H10F2N2O2S. The van der Waals surface area contributed by atoms with Gasteiger partial charge in [0, 0.05) is 24.9 Å². The van der Waals surface area contributed by atoms with E-state index in [1.54, 1.807) is 0 Å². The third-order valence-corrected chi connectivity index (χ3v) is 3.87. The highest BCUT2D eigenvalue weighted by Gasteiger charge is 2.69. The summed E-state index contributed by atoms with van der Waals surface area (Å²) in [5.41, 5.74) is 0. The molecule has 1 saturated heterocycles. The fourth-order valence-corrected chi connectivity index (χ4v) is 2.66. The molecule has 0 bridgehead atoms. The Bertz CT molecular complexity index is 330. The fourth-order valence-electron chi connectivity index (χ4n) is 1.93. The maximum absolute atomic E-state index is 12.8. The van der Waals surface area contributed by atoms with Gasteiger partial charge in [0.15, 0.2) is 0 Å². The van der Waals surface area contributed by atoms with Crippen LogP contribution in [-0.4, -0.2) is 31.7 Å². The molecule has 1 saturated carbocycles. The summed E-state index contributed by atoms with van der Waals surface area (Å²) in [6, 6.07) is 0. The van der Waals surface area contributed by atoms with Gasteiger partial charge in [-0.15, -0.1) is 0 Å². The van der Waals surface area contributed by atoms with E-state index in [4.69, 9.17) is 5.14 Å². The predicted molar refractivity (Wildman–Crippen MR) is 41.2 cm³/mol. The first-order valence-corrected chi connectivity index (χ1v) is 5.49. The number of nitrogens with zero attached hydrogens (tertiary/aromatic N) is 1. The van der Waals surface area contributed by atoms with Crippen LogP contribution in [0.4, 0.5) is 8.78 Å². The Hall–Kier alpha value is -0.270. The molecule has 7 heteroatoms. The highest BCUT2D eigenvalue weighted by atomic mass is 32.2. The van der Waals surface area contributed by atoms with Crippen molar-refractivity contribution in [2.75, 3.05) is 13.1 Å². The van der Waals surface area contributed by atoms with Crippen LogP contribution in [0.3, 0.4) is 0 Å². The number of hydrogen-bond donors (Lipinski definition) is 1. The lowest BCUT2D eigenvalue weighted by Gasteiger charge is -2.21. The van der Waals surface area contributed by atoms with Crippen LogP contribution in [0, 0.1) is 11.8 Å². The standard InChI is InChI=1S/C6H10F2N2O2S/c7-6(8)4-1-2-10(3-5(4)6)13(9,11)12/h4-5H,1-3H2,(H2,9,11,12). The lowest BCUT2D eigenvalue weighted by molar-refractivity contribution is 0.0861. The first kappa shape index (κ1) is 9.29. The number of rotatable bonds is 1. The molecule has 0 amide bonds. The molecule has 0 radical (unpaired) electrons. The zero-order valence-electron chi connectivity index (χ0n) is 6.78. The number of piperidine rings is 1. The Morgan fingerprint density at radius 2 is 2.00 bits per heavy atom. The summed E-state index contributed by atoms with van der Waals surface area (Å²) < 4.78 is 48.2. The molecule has 1 aliphatic carbocycles. The largest absolute Gasteiger partial charge is 0.276 e. The molecule has 0 aromatic rings. The van der Waals surface area contributed by atoms with Gasteiger partial charge in [-0.25, -0.2) is 13.9 Å². The van der Waals surface area contributed by atoms with Crippen molar-refractivity contribution in [1.82, 2.24) is 4.31 Å². The van der Waals surface area contributed by atoms with E-state index < -0.39 is 28.0 Å². The lowest BCUT2D eigenvalue weighted by atomic mass is 10.2. The van der Waals surface area contributed by atoms with Gasteiger partial charge in [-0.1, -0.05) is 0 Å². The Morgan fingerprint density at radius 1 is 1.38 bits per heavy atom. The summed E-state index contributed by atoms with van der Waals surface area (Å²) >= 11 is 0. The normalized spacial score (nSPS) is 38.4. The van der Waals surface area contributed by atoms with Crippen molar-refractivity contribution in [2.24, 2.45) is 17.0 Å². The van der Waals surface area contributed by atoms with Gasteiger partial charge >= 0.3 is 0 Å². The van der Waals surface area contributed by atoms with Crippen LogP contribution < -0.4 is 5.14 Å². The van der Waals surface area contributed by atoms with Gasteiger partial charge in [0.2, 0.25) is 0 Å². The minimum Gasteiger partial charge on any atom is -0.216 e. The molecule has 1 aliphatic heterocycles. The van der Waals surface area contributed by atoms with Gasteiger partial charge < -0.3 is 0 Å². The van der Waals surface area contributed by atoms with Crippen molar-refractivity contribution in [3.05, 3.63) is 0 Å². The van der Waals surface area contributed by atoms with Crippen molar-refractivity contribution in [3.63, 3.8) is 0 Å². The maximum atomic E-state index is 12.8. The van der Waals surface area contributed by atoms with Crippen molar-refractivity contribution in [3.8, 4) is 0 Å². The van der Waals surface area contributed by atoms with E-state index in [9.17, 15) is 17.2 Å². The first-order chi connectivity index (χ1) is 5.83. The van der Waals surface area contributed by atoms with Gasteiger partial charge in [0.1, 0.15) is 0 Å². The zero-order chi connectivity index (χ0) is 9.85. The van der Waals surface area contributed by atoms with Gasteiger partial charge in [-0.3, -0.25) is 0 Å². The number of hydrogen-bond acceptors (Lipinski definition) is 2. The summed E-state index contributed by atoms with van der Waals surface area (Å²) in [4.78, 5) is 0. The lowest BCUT2D eigenvalue weighted by Crippen LogP contribution is -2.41. The third-order valence-electron chi connectivity index (χ3n) is 2.82. The van der Waals surface area contributed by atoms with Crippen molar-refractivity contribution < 1.29 is 17.2 Å². The molecule has 0 aromatic carbocycles. The summed E-state index contributed by atoms with van der Waals surface area (Å²) in [6.07, 6.45) is 0.216.